The van der Waals surface area contributed by atoms with Gasteiger partial charge in [-0.15, -0.1) is 0 Å². The minimum atomic E-state index is -0.184. The van der Waals surface area contributed by atoms with Crippen LogP contribution in [0.1, 0.15) is 17.3 Å². The average Bonchev–Trinajstić information content (AvgIpc) is 2.98. The number of amides is 1. The Morgan fingerprint density at radius 3 is 2.81 bits per heavy atom. The number of nitrogens with one attached hydrogen (secondary N) is 1. The second-order valence-corrected chi connectivity index (χ2v) is 4.49. The molecule has 0 saturated heterocycles. The molecule has 1 amide bonds. The third-order valence-corrected chi connectivity index (χ3v) is 3.09. The summed E-state index contributed by atoms with van der Waals surface area (Å²) >= 11 is 0. The summed E-state index contributed by atoms with van der Waals surface area (Å²) in [5.41, 5.74) is 1.90. The topological polar surface area (TPSA) is 55.6 Å². The highest BCUT2D eigenvalue weighted by Gasteiger charge is 2.11. The van der Waals surface area contributed by atoms with Crippen LogP contribution in [0.15, 0.2) is 55.0 Å². The van der Waals surface area contributed by atoms with Crippen molar-refractivity contribution in [3.8, 4) is 5.75 Å². The highest BCUT2D eigenvalue weighted by Crippen LogP contribution is 2.17. The van der Waals surface area contributed by atoms with Gasteiger partial charge in [0.15, 0.2) is 0 Å². The van der Waals surface area contributed by atoms with Gasteiger partial charge in [-0.2, -0.15) is 0 Å². The lowest BCUT2D eigenvalue weighted by Gasteiger charge is -2.08. The Morgan fingerprint density at radius 1 is 1.24 bits per heavy atom. The molecule has 106 valence electrons. The number of aromatic nitrogens is 2. The molecule has 21 heavy (non-hydrogen) atoms. The number of rotatable bonds is 4. The van der Waals surface area contributed by atoms with Gasteiger partial charge in [0.1, 0.15) is 11.4 Å². The molecular weight excluding hydrogens is 266 g/mol. The first kappa shape index (κ1) is 13.2. The molecule has 2 aromatic heterocycles. The van der Waals surface area contributed by atoms with Gasteiger partial charge in [0.2, 0.25) is 0 Å². The fraction of sp³-hybridized carbons (Fsp3) is 0.125. The minimum absolute atomic E-state index is 0.184. The average molecular weight is 281 g/mol. The molecule has 0 radical (unpaired) electrons. The highest BCUT2D eigenvalue weighted by molar-refractivity contribution is 6.08. The molecule has 0 aliphatic heterocycles. The maximum absolute atomic E-state index is 12.3. The lowest BCUT2D eigenvalue weighted by Crippen LogP contribution is -2.13. The van der Waals surface area contributed by atoms with Crippen LogP contribution in [0.25, 0.3) is 5.65 Å². The van der Waals surface area contributed by atoms with Gasteiger partial charge in [-0.25, -0.2) is 4.98 Å². The minimum Gasteiger partial charge on any atom is -0.494 e. The van der Waals surface area contributed by atoms with Crippen LogP contribution in [0, 0.1) is 0 Å². The fourth-order valence-electron chi connectivity index (χ4n) is 2.13. The Labute approximate surface area is 122 Å². The van der Waals surface area contributed by atoms with E-state index in [1.54, 1.807) is 12.3 Å². The van der Waals surface area contributed by atoms with Gasteiger partial charge in [-0.05, 0) is 43.3 Å². The van der Waals surface area contributed by atoms with Crippen LogP contribution in [0.3, 0.4) is 0 Å². The van der Waals surface area contributed by atoms with Crippen molar-refractivity contribution in [2.24, 2.45) is 0 Å². The van der Waals surface area contributed by atoms with Crippen molar-refractivity contribution in [1.82, 2.24) is 9.38 Å². The monoisotopic (exact) mass is 281 g/mol. The van der Waals surface area contributed by atoms with Gasteiger partial charge in [0.05, 0.1) is 12.2 Å². The summed E-state index contributed by atoms with van der Waals surface area (Å²) in [6.45, 7) is 2.55. The molecule has 0 saturated carbocycles. The van der Waals surface area contributed by atoms with Crippen LogP contribution >= 0.6 is 0 Å². The van der Waals surface area contributed by atoms with Crippen LogP contribution < -0.4 is 10.1 Å². The lowest BCUT2D eigenvalue weighted by atomic mass is 10.2. The van der Waals surface area contributed by atoms with E-state index in [2.05, 4.69) is 10.3 Å². The smallest absolute Gasteiger partial charge is 0.259 e. The number of carbonyl (C=O) groups excluding carboxylic acids is 1. The normalized spacial score (nSPS) is 10.5. The van der Waals surface area contributed by atoms with E-state index in [9.17, 15) is 4.79 Å². The third-order valence-electron chi connectivity index (χ3n) is 3.09. The molecule has 5 nitrogen and oxygen atoms in total. The van der Waals surface area contributed by atoms with Crippen LogP contribution in [-0.4, -0.2) is 21.9 Å². The Bertz CT molecular complexity index is 763. The van der Waals surface area contributed by atoms with Crippen LogP contribution in [0.4, 0.5) is 5.69 Å². The van der Waals surface area contributed by atoms with Gasteiger partial charge < -0.3 is 14.5 Å². The predicted molar refractivity (Wildman–Crippen MR) is 80.8 cm³/mol. The number of hydrogen-bond acceptors (Lipinski definition) is 3. The number of anilines is 1. The van der Waals surface area contributed by atoms with Crippen LogP contribution in [-0.2, 0) is 0 Å². The standard InChI is InChI=1S/C16H15N3O2/c1-2-21-13-7-5-12(6-8-13)18-16(20)14-4-3-10-19-11-9-17-15(14)19/h3-11H,2H2,1H3,(H,18,20). The molecule has 1 N–H and O–H groups in total. The van der Waals surface area contributed by atoms with Gasteiger partial charge >= 0.3 is 0 Å². The van der Waals surface area contributed by atoms with Crippen molar-refractivity contribution in [3.63, 3.8) is 0 Å². The number of imidazole rings is 1. The Hall–Kier alpha value is -2.82. The van der Waals surface area contributed by atoms with Crippen LogP contribution in [0.2, 0.25) is 0 Å². The summed E-state index contributed by atoms with van der Waals surface area (Å²) < 4.78 is 7.18. The number of pyridine rings is 1. The molecule has 5 heteroatoms. The molecule has 3 aromatic rings. The highest BCUT2D eigenvalue weighted by atomic mass is 16.5. The number of benzene rings is 1. The summed E-state index contributed by atoms with van der Waals surface area (Å²) in [4.78, 5) is 16.5. The summed E-state index contributed by atoms with van der Waals surface area (Å²) in [7, 11) is 0. The second kappa shape index (κ2) is 5.66. The number of ether oxygens (including phenoxy) is 1. The van der Waals surface area contributed by atoms with E-state index in [-0.39, 0.29) is 5.91 Å². The van der Waals surface area contributed by atoms with E-state index in [4.69, 9.17) is 4.74 Å². The Kier molecular flexibility index (Phi) is 3.55. The molecule has 0 fully saturated rings. The van der Waals surface area contributed by atoms with Gasteiger partial charge in [-0.1, -0.05) is 0 Å². The third kappa shape index (κ3) is 2.72. The van der Waals surface area contributed by atoms with E-state index < -0.39 is 0 Å². The lowest BCUT2D eigenvalue weighted by molar-refractivity contribution is 0.102. The number of hydrogen-bond donors (Lipinski definition) is 1. The number of carbonyl (C=O) groups is 1. The molecular formula is C16H15N3O2. The molecule has 0 atom stereocenters. The summed E-state index contributed by atoms with van der Waals surface area (Å²) in [5.74, 6) is 0.599. The van der Waals surface area contributed by atoms with Crippen molar-refractivity contribution in [2.45, 2.75) is 6.92 Å². The maximum Gasteiger partial charge on any atom is 0.259 e. The molecule has 0 bridgehead atoms. The van der Waals surface area contributed by atoms with E-state index in [0.717, 1.165) is 11.4 Å². The van der Waals surface area contributed by atoms with E-state index in [0.29, 0.717) is 17.8 Å². The van der Waals surface area contributed by atoms with Gasteiger partial charge in [0.25, 0.3) is 5.91 Å². The first-order chi connectivity index (χ1) is 10.3. The summed E-state index contributed by atoms with van der Waals surface area (Å²) in [6.07, 6.45) is 5.34. The molecule has 3 rings (SSSR count). The number of fused-ring (bicyclic) bond motifs is 1. The zero-order chi connectivity index (χ0) is 14.7. The van der Waals surface area contributed by atoms with Crippen molar-refractivity contribution in [3.05, 3.63) is 60.6 Å². The Morgan fingerprint density at radius 2 is 2.05 bits per heavy atom. The zero-order valence-corrected chi connectivity index (χ0v) is 11.6. The quantitative estimate of drug-likeness (QED) is 0.800. The van der Waals surface area contributed by atoms with Gasteiger partial charge in [-0.3, -0.25) is 4.79 Å². The summed E-state index contributed by atoms with van der Waals surface area (Å²) in [6, 6.07) is 10.9. The molecule has 2 heterocycles. The molecule has 0 spiro atoms. The van der Waals surface area contributed by atoms with Crippen LogP contribution in [0.5, 0.6) is 5.75 Å². The van der Waals surface area contributed by atoms with E-state index in [1.165, 1.54) is 0 Å². The second-order valence-electron chi connectivity index (χ2n) is 4.49. The molecule has 0 aliphatic carbocycles. The summed E-state index contributed by atoms with van der Waals surface area (Å²) in [5, 5.41) is 2.86. The SMILES string of the molecule is CCOc1ccc(NC(=O)c2cccn3ccnc23)cc1. The molecule has 0 aliphatic rings. The van der Waals surface area contributed by atoms with Crippen molar-refractivity contribution in [1.29, 1.82) is 0 Å². The first-order valence-electron chi connectivity index (χ1n) is 6.74. The van der Waals surface area contributed by atoms with Gasteiger partial charge in [0, 0.05) is 24.3 Å². The van der Waals surface area contributed by atoms with Crippen molar-refractivity contribution in [2.75, 3.05) is 11.9 Å². The maximum atomic E-state index is 12.3. The van der Waals surface area contributed by atoms with E-state index in [1.807, 2.05) is 54.0 Å². The van der Waals surface area contributed by atoms with Crippen molar-refractivity contribution >= 4 is 17.2 Å². The number of nitrogens with zero attached hydrogens (tertiary/aromatic N) is 2. The largest absolute Gasteiger partial charge is 0.494 e. The molecule has 0 unspecified atom stereocenters. The Balaban J connectivity index is 1.81. The van der Waals surface area contributed by atoms with Crippen molar-refractivity contribution < 1.29 is 9.53 Å². The fourth-order valence-corrected chi connectivity index (χ4v) is 2.13. The molecule has 1 aromatic carbocycles. The predicted octanol–water partition coefficient (Wildman–Crippen LogP) is 2.99. The zero-order valence-electron chi connectivity index (χ0n) is 11.6. The van der Waals surface area contributed by atoms with E-state index >= 15 is 0 Å². The first-order valence-corrected chi connectivity index (χ1v) is 6.74.